The van der Waals surface area contributed by atoms with Gasteiger partial charge in [-0.3, -0.25) is 9.59 Å². The number of nitrogens with zero attached hydrogens (tertiary/aromatic N) is 1. The number of hydrogen-bond donors (Lipinski definition) is 1. The Kier molecular flexibility index (Phi) is 5.40. The summed E-state index contributed by atoms with van der Waals surface area (Å²) in [6, 6.07) is 14.5. The van der Waals surface area contributed by atoms with Gasteiger partial charge < -0.3 is 10.2 Å². The number of hydrogen-bond acceptors (Lipinski definition) is 4. The van der Waals surface area contributed by atoms with Gasteiger partial charge in [-0.15, -0.1) is 11.3 Å². The molecule has 0 aliphatic rings. The summed E-state index contributed by atoms with van der Waals surface area (Å²) in [4.78, 5) is 26.1. The van der Waals surface area contributed by atoms with Crippen LogP contribution < -0.4 is 10.2 Å². The zero-order valence-electron chi connectivity index (χ0n) is 14.3. The van der Waals surface area contributed by atoms with Crippen LogP contribution in [0.4, 0.5) is 10.7 Å². The topological polar surface area (TPSA) is 49.4 Å². The first-order valence-corrected chi connectivity index (χ1v) is 9.16. The van der Waals surface area contributed by atoms with Crippen LogP contribution in [0.3, 0.4) is 0 Å². The van der Waals surface area contributed by atoms with Crippen molar-refractivity contribution in [1.29, 1.82) is 0 Å². The first kappa shape index (κ1) is 18.2. The Bertz CT molecular complexity index is 931. The van der Waals surface area contributed by atoms with E-state index in [1.807, 2.05) is 48.6 Å². The first-order valence-electron chi connectivity index (χ1n) is 7.91. The molecule has 26 heavy (non-hydrogen) atoms. The van der Waals surface area contributed by atoms with Crippen molar-refractivity contribution < 1.29 is 9.59 Å². The van der Waals surface area contributed by atoms with Crippen molar-refractivity contribution in [2.24, 2.45) is 0 Å². The van der Waals surface area contributed by atoms with Crippen molar-refractivity contribution in [2.75, 3.05) is 24.3 Å². The average Bonchev–Trinajstić information content (AvgIpc) is 3.04. The molecule has 6 heteroatoms. The lowest BCUT2D eigenvalue weighted by molar-refractivity contribution is 0.102. The maximum Gasteiger partial charge on any atom is 0.256 e. The Morgan fingerprint density at radius 2 is 1.73 bits per heavy atom. The molecule has 1 heterocycles. The zero-order valence-corrected chi connectivity index (χ0v) is 15.9. The zero-order chi connectivity index (χ0) is 18.7. The van der Waals surface area contributed by atoms with Gasteiger partial charge in [0.1, 0.15) is 5.00 Å². The van der Waals surface area contributed by atoms with Gasteiger partial charge in [-0.2, -0.15) is 0 Å². The summed E-state index contributed by atoms with van der Waals surface area (Å²) in [5.41, 5.74) is 3.67. The molecule has 0 saturated carbocycles. The summed E-state index contributed by atoms with van der Waals surface area (Å²) in [5.74, 6) is -0.247. The summed E-state index contributed by atoms with van der Waals surface area (Å²) in [6.45, 7) is 0. The number of carbonyl (C=O) groups excluding carboxylic acids is 2. The maximum atomic E-state index is 12.5. The Morgan fingerprint density at radius 1 is 1.08 bits per heavy atom. The van der Waals surface area contributed by atoms with Gasteiger partial charge in [-0.25, -0.2) is 0 Å². The molecule has 1 aromatic heterocycles. The Labute approximate surface area is 161 Å². The molecule has 1 amide bonds. The van der Waals surface area contributed by atoms with E-state index in [1.54, 1.807) is 24.3 Å². The Hall–Kier alpha value is -2.63. The highest BCUT2D eigenvalue weighted by atomic mass is 35.5. The molecule has 0 saturated heterocycles. The molecular weight excluding hydrogens is 368 g/mol. The fourth-order valence-electron chi connectivity index (χ4n) is 2.52. The summed E-state index contributed by atoms with van der Waals surface area (Å²) < 4.78 is 0. The lowest BCUT2D eigenvalue weighted by Gasteiger charge is -2.12. The summed E-state index contributed by atoms with van der Waals surface area (Å²) in [7, 11) is 3.88. The van der Waals surface area contributed by atoms with E-state index in [1.165, 1.54) is 11.3 Å². The van der Waals surface area contributed by atoms with Crippen LogP contribution in [0.5, 0.6) is 0 Å². The van der Waals surface area contributed by atoms with E-state index < -0.39 is 0 Å². The number of aldehydes is 1. The van der Waals surface area contributed by atoms with Gasteiger partial charge >= 0.3 is 0 Å². The van der Waals surface area contributed by atoms with Gasteiger partial charge in [-0.05, 0) is 42.0 Å². The highest BCUT2D eigenvalue weighted by Crippen LogP contribution is 2.35. The minimum Gasteiger partial charge on any atom is -0.378 e. The molecule has 3 aromatic rings. The third-order valence-corrected chi connectivity index (χ3v) is 5.14. The van der Waals surface area contributed by atoms with Crippen molar-refractivity contribution in [3.63, 3.8) is 0 Å². The second-order valence-corrected chi connectivity index (χ2v) is 7.23. The van der Waals surface area contributed by atoms with Crippen LogP contribution in [-0.4, -0.2) is 26.3 Å². The quantitative estimate of drug-likeness (QED) is 0.615. The molecule has 0 atom stereocenters. The fourth-order valence-corrected chi connectivity index (χ4v) is 3.58. The lowest BCUT2D eigenvalue weighted by atomic mass is 10.0. The number of thiophene rings is 1. The van der Waals surface area contributed by atoms with Gasteiger partial charge in [0.25, 0.3) is 5.91 Å². The van der Waals surface area contributed by atoms with E-state index in [2.05, 4.69) is 5.32 Å². The maximum absolute atomic E-state index is 12.5. The number of amides is 1. The highest BCUT2D eigenvalue weighted by Gasteiger charge is 2.16. The van der Waals surface area contributed by atoms with Gasteiger partial charge in [0.15, 0.2) is 6.29 Å². The molecule has 0 aliphatic heterocycles. The van der Waals surface area contributed by atoms with Crippen LogP contribution in [-0.2, 0) is 0 Å². The lowest BCUT2D eigenvalue weighted by Crippen LogP contribution is -2.13. The molecule has 0 fully saturated rings. The highest BCUT2D eigenvalue weighted by molar-refractivity contribution is 7.15. The Morgan fingerprint density at radius 3 is 2.31 bits per heavy atom. The number of halogens is 1. The van der Waals surface area contributed by atoms with Crippen LogP contribution in [0.15, 0.2) is 53.9 Å². The van der Waals surface area contributed by atoms with Crippen LogP contribution in [0.2, 0.25) is 5.02 Å². The molecule has 0 aliphatic carbocycles. The van der Waals surface area contributed by atoms with Crippen LogP contribution >= 0.6 is 22.9 Å². The number of benzene rings is 2. The normalized spacial score (nSPS) is 10.4. The van der Waals surface area contributed by atoms with E-state index in [0.717, 1.165) is 23.1 Å². The van der Waals surface area contributed by atoms with E-state index in [4.69, 9.17) is 11.6 Å². The third kappa shape index (κ3) is 3.79. The molecule has 4 nitrogen and oxygen atoms in total. The van der Waals surface area contributed by atoms with Crippen molar-refractivity contribution in [1.82, 2.24) is 0 Å². The molecule has 0 spiro atoms. The van der Waals surface area contributed by atoms with E-state index >= 15 is 0 Å². The smallest absolute Gasteiger partial charge is 0.256 e. The predicted octanol–water partition coefficient (Wildman–Crippen LogP) is 5.20. The number of anilines is 2. The first-order chi connectivity index (χ1) is 12.5. The predicted molar refractivity (Wildman–Crippen MR) is 109 cm³/mol. The summed E-state index contributed by atoms with van der Waals surface area (Å²) in [6.07, 6.45) is 0.769. The standard InChI is InChI=1S/C20H17ClN2O2S/c1-23(2)16-9-5-14(6-10-16)19(25)22-20-17(11-24)18(12-26-20)13-3-7-15(21)8-4-13/h3-12H,1-2H3,(H,22,25). The summed E-state index contributed by atoms with van der Waals surface area (Å²) in [5, 5.41) is 5.86. The second kappa shape index (κ2) is 7.72. The molecule has 0 radical (unpaired) electrons. The number of rotatable bonds is 5. The van der Waals surface area contributed by atoms with E-state index in [-0.39, 0.29) is 5.91 Å². The van der Waals surface area contributed by atoms with Gasteiger partial charge in [0.05, 0.1) is 5.56 Å². The molecule has 132 valence electrons. The second-order valence-electron chi connectivity index (χ2n) is 5.91. The number of carbonyl (C=O) groups is 2. The van der Waals surface area contributed by atoms with Crippen molar-refractivity contribution in [3.05, 3.63) is 70.1 Å². The van der Waals surface area contributed by atoms with Crippen LogP contribution in [0.1, 0.15) is 20.7 Å². The number of nitrogens with one attached hydrogen (secondary N) is 1. The third-order valence-electron chi connectivity index (χ3n) is 3.98. The van der Waals surface area contributed by atoms with E-state index in [9.17, 15) is 9.59 Å². The molecule has 0 bridgehead atoms. The van der Waals surface area contributed by atoms with E-state index in [0.29, 0.717) is 21.2 Å². The molecule has 1 N–H and O–H groups in total. The van der Waals surface area contributed by atoms with Crippen molar-refractivity contribution in [3.8, 4) is 11.1 Å². The van der Waals surface area contributed by atoms with Gasteiger partial charge in [-0.1, -0.05) is 23.7 Å². The summed E-state index contributed by atoms with van der Waals surface area (Å²) >= 11 is 7.24. The molecule has 2 aromatic carbocycles. The Balaban J connectivity index is 1.84. The minimum atomic E-state index is -0.247. The molecular formula is C20H17ClN2O2S. The largest absolute Gasteiger partial charge is 0.378 e. The SMILES string of the molecule is CN(C)c1ccc(C(=O)Nc2scc(-c3ccc(Cl)cc3)c2C=O)cc1. The van der Waals surface area contributed by atoms with Crippen LogP contribution in [0.25, 0.3) is 11.1 Å². The monoisotopic (exact) mass is 384 g/mol. The van der Waals surface area contributed by atoms with Gasteiger partial charge in [0, 0.05) is 41.3 Å². The van der Waals surface area contributed by atoms with Crippen molar-refractivity contribution in [2.45, 2.75) is 0 Å². The van der Waals surface area contributed by atoms with Gasteiger partial charge in [0.2, 0.25) is 0 Å². The fraction of sp³-hybridized carbons (Fsp3) is 0.100. The van der Waals surface area contributed by atoms with Crippen molar-refractivity contribution >= 4 is 45.8 Å². The minimum absolute atomic E-state index is 0.247. The average molecular weight is 385 g/mol. The molecule has 0 unspecified atom stereocenters. The van der Waals surface area contributed by atoms with Crippen LogP contribution in [0, 0.1) is 0 Å². The molecule has 3 rings (SSSR count).